The maximum Gasteiger partial charge on any atom is 0.348 e. The van der Waals surface area contributed by atoms with Gasteiger partial charge < -0.3 is 14.9 Å². The van der Waals surface area contributed by atoms with Crippen LogP contribution in [0.15, 0.2) is 28.0 Å². The Kier molecular flexibility index (Phi) is 6.47. The highest BCUT2D eigenvalue weighted by atomic mass is 32.2. The third-order valence-corrected chi connectivity index (χ3v) is 6.94. The number of aryl methyl sites for hydroxylation is 1. The maximum absolute atomic E-state index is 12.2. The smallest absolute Gasteiger partial charge is 0.348 e. The molecule has 2 N–H and O–H groups in total. The van der Waals surface area contributed by atoms with Crippen molar-refractivity contribution in [3.63, 3.8) is 0 Å². The number of rotatable bonds is 8. The van der Waals surface area contributed by atoms with E-state index in [0.29, 0.717) is 45.6 Å². The topological polar surface area (TPSA) is 122 Å². The van der Waals surface area contributed by atoms with Gasteiger partial charge in [0, 0.05) is 5.92 Å². The number of thioether (sulfide) groups is 1. The Morgan fingerprint density at radius 2 is 2.16 bits per heavy atom. The average molecular weight is 473 g/mol. The molecule has 0 amide bonds. The summed E-state index contributed by atoms with van der Waals surface area (Å²) in [7, 11) is 0. The molecule has 4 heterocycles. The van der Waals surface area contributed by atoms with Crippen LogP contribution in [0.3, 0.4) is 0 Å². The largest absolute Gasteiger partial charge is 0.467 e. The van der Waals surface area contributed by atoms with E-state index in [1.54, 1.807) is 13.2 Å². The van der Waals surface area contributed by atoms with Crippen LogP contribution in [0, 0.1) is 6.92 Å². The van der Waals surface area contributed by atoms with Crippen molar-refractivity contribution in [2.24, 2.45) is 0 Å². The summed E-state index contributed by atoms with van der Waals surface area (Å²) in [4.78, 5) is 22.5. The van der Waals surface area contributed by atoms with Crippen molar-refractivity contribution in [3.05, 3.63) is 46.2 Å². The molecular weight excluding hydrogens is 448 g/mol. The Bertz CT molecular complexity index is 1250. The van der Waals surface area contributed by atoms with Gasteiger partial charge in [-0.25, -0.2) is 14.8 Å². The first-order valence-corrected chi connectivity index (χ1v) is 12.0. The second-order valence-electron chi connectivity index (χ2n) is 7.43. The number of nitrogens with two attached hydrogens (primary N) is 1. The normalized spacial score (nSPS) is 11.5. The quantitative estimate of drug-likeness (QED) is 0.293. The molecule has 0 aliphatic heterocycles. The van der Waals surface area contributed by atoms with Crippen molar-refractivity contribution in [1.82, 2.24) is 24.7 Å². The summed E-state index contributed by atoms with van der Waals surface area (Å²) >= 11 is 2.76. The first-order valence-electron chi connectivity index (χ1n) is 10.2. The predicted octanol–water partition coefficient (Wildman–Crippen LogP) is 4.41. The van der Waals surface area contributed by atoms with Gasteiger partial charge in [-0.05, 0) is 31.5 Å². The Morgan fingerprint density at radius 1 is 1.34 bits per heavy atom. The average Bonchev–Trinajstić information content (AvgIpc) is 3.47. The lowest BCUT2D eigenvalue weighted by molar-refractivity contribution is 0.0531. The Balaban J connectivity index is 1.60. The lowest BCUT2D eigenvalue weighted by Gasteiger charge is -2.10. The van der Waals surface area contributed by atoms with Gasteiger partial charge in [-0.15, -0.1) is 21.5 Å². The van der Waals surface area contributed by atoms with Gasteiger partial charge in [0.2, 0.25) is 0 Å². The number of thiophene rings is 1. The van der Waals surface area contributed by atoms with E-state index >= 15 is 0 Å². The zero-order valence-corrected chi connectivity index (χ0v) is 19.9. The Morgan fingerprint density at radius 3 is 2.84 bits per heavy atom. The van der Waals surface area contributed by atoms with Crippen LogP contribution in [-0.4, -0.2) is 37.3 Å². The Labute approximate surface area is 193 Å². The number of nitrogen functional groups attached to an aromatic ring is 1. The van der Waals surface area contributed by atoms with Crippen molar-refractivity contribution in [2.75, 3.05) is 12.3 Å². The predicted molar refractivity (Wildman–Crippen MR) is 124 cm³/mol. The molecule has 0 spiro atoms. The molecule has 0 bridgehead atoms. The summed E-state index contributed by atoms with van der Waals surface area (Å²) in [6.45, 7) is 8.63. The molecule has 0 fully saturated rings. The van der Waals surface area contributed by atoms with E-state index < -0.39 is 0 Å². The number of ether oxygens (including phenoxy) is 1. The van der Waals surface area contributed by atoms with Crippen LogP contribution < -0.4 is 5.73 Å². The van der Waals surface area contributed by atoms with Crippen molar-refractivity contribution < 1.29 is 13.9 Å². The molecule has 4 rings (SSSR count). The number of hydrogen-bond acceptors (Lipinski definition) is 10. The van der Waals surface area contributed by atoms with E-state index in [1.165, 1.54) is 23.1 Å². The van der Waals surface area contributed by atoms with Gasteiger partial charge in [-0.2, -0.15) is 0 Å². The highest BCUT2D eigenvalue weighted by Gasteiger charge is 2.21. The minimum absolute atomic E-state index is 0.213. The molecule has 4 aromatic rings. The highest BCUT2D eigenvalue weighted by molar-refractivity contribution is 7.98. The van der Waals surface area contributed by atoms with Gasteiger partial charge in [-0.3, -0.25) is 4.57 Å². The molecule has 9 nitrogen and oxygen atoms in total. The van der Waals surface area contributed by atoms with E-state index in [0.717, 1.165) is 22.3 Å². The lowest BCUT2D eigenvalue weighted by Crippen LogP contribution is -2.08. The zero-order valence-electron chi connectivity index (χ0n) is 18.3. The first kappa shape index (κ1) is 22.3. The van der Waals surface area contributed by atoms with Gasteiger partial charge in [0.05, 0.1) is 30.6 Å². The number of nitrogens with zero attached hydrogens (tertiary/aromatic N) is 5. The van der Waals surface area contributed by atoms with Gasteiger partial charge in [0.15, 0.2) is 5.16 Å². The SMILES string of the molecule is CCOC(=O)c1sc2nc(CSc3nnc(C(C)C)n3Cc3ccco3)nc(N)c2c1C. The van der Waals surface area contributed by atoms with Gasteiger partial charge in [0.25, 0.3) is 0 Å². The molecule has 0 atom stereocenters. The minimum Gasteiger partial charge on any atom is -0.467 e. The number of anilines is 1. The van der Waals surface area contributed by atoms with Crippen LogP contribution in [0.1, 0.15) is 59.3 Å². The van der Waals surface area contributed by atoms with Crippen molar-refractivity contribution in [2.45, 2.75) is 51.1 Å². The number of fused-ring (bicyclic) bond motifs is 1. The number of carbonyl (C=O) groups excluding carboxylic acids is 1. The van der Waals surface area contributed by atoms with Gasteiger partial charge in [0.1, 0.15) is 32.9 Å². The fraction of sp³-hybridized carbons (Fsp3) is 0.381. The molecule has 4 aromatic heterocycles. The van der Waals surface area contributed by atoms with Crippen LogP contribution in [0.2, 0.25) is 0 Å². The van der Waals surface area contributed by atoms with Crippen LogP contribution in [0.5, 0.6) is 0 Å². The molecule has 168 valence electrons. The van der Waals surface area contributed by atoms with Crippen molar-refractivity contribution in [1.29, 1.82) is 0 Å². The molecule has 0 radical (unpaired) electrons. The van der Waals surface area contributed by atoms with Gasteiger partial charge >= 0.3 is 5.97 Å². The number of hydrogen-bond donors (Lipinski definition) is 1. The first-order chi connectivity index (χ1) is 15.4. The maximum atomic E-state index is 12.2. The molecule has 0 unspecified atom stereocenters. The summed E-state index contributed by atoms with van der Waals surface area (Å²) < 4.78 is 12.7. The third kappa shape index (κ3) is 4.35. The molecule has 0 saturated carbocycles. The van der Waals surface area contributed by atoms with Crippen molar-refractivity contribution >= 4 is 45.1 Å². The molecule has 32 heavy (non-hydrogen) atoms. The summed E-state index contributed by atoms with van der Waals surface area (Å²) in [6.07, 6.45) is 1.65. The fourth-order valence-corrected chi connectivity index (χ4v) is 5.24. The van der Waals surface area contributed by atoms with Crippen molar-refractivity contribution in [3.8, 4) is 0 Å². The number of aromatic nitrogens is 5. The summed E-state index contributed by atoms with van der Waals surface area (Å²) in [5, 5.41) is 10.2. The summed E-state index contributed by atoms with van der Waals surface area (Å²) in [6, 6.07) is 3.79. The number of esters is 1. The second kappa shape index (κ2) is 9.29. The van der Waals surface area contributed by atoms with Crippen LogP contribution in [0.4, 0.5) is 5.82 Å². The second-order valence-corrected chi connectivity index (χ2v) is 9.37. The Hall–Kier alpha value is -2.92. The standard InChI is InChI=1S/C21H24N6O3S2/c1-5-29-20(28)16-12(4)15-17(22)23-14(24-19(15)32-16)10-31-21-26-25-18(11(2)3)27(21)9-13-7-6-8-30-13/h6-8,11H,5,9-10H2,1-4H3,(H2,22,23,24). The van der Waals surface area contributed by atoms with Crippen LogP contribution in [0.25, 0.3) is 10.2 Å². The molecule has 0 aromatic carbocycles. The van der Waals surface area contributed by atoms with E-state index in [-0.39, 0.29) is 11.9 Å². The molecule has 0 saturated heterocycles. The molecular formula is C21H24N6O3S2. The summed E-state index contributed by atoms with van der Waals surface area (Å²) in [5.74, 6) is 2.94. The van der Waals surface area contributed by atoms with E-state index in [9.17, 15) is 4.79 Å². The third-order valence-electron chi connectivity index (χ3n) is 4.81. The molecule has 11 heteroatoms. The number of furan rings is 1. The van der Waals surface area contributed by atoms with Gasteiger partial charge in [-0.1, -0.05) is 25.6 Å². The summed E-state index contributed by atoms with van der Waals surface area (Å²) in [5.41, 5.74) is 6.98. The fourth-order valence-electron chi connectivity index (χ4n) is 3.34. The van der Waals surface area contributed by atoms with Crippen LogP contribution in [-0.2, 0) is 17.0 Å². The zero-order chi connectivity index (χ0) is 22.8. The molecule has 0 aliphatic rings. The van der Waals surface area contributed by atoms with Crippen LogP contribution >= 0.6 is 23.1 Å². The van der Waals surface area contributed by atoms with E-state index in [4.69, 9.17) is 14.9 Å². The van der Waals surface area contributed by atoms with E-state index in [1.807, 2.05) is 23.6 Å². The lowest BCUT2D eigenvalue weighted by atomic mass is 10.2. The molecule has 0 aliphatic carbocycles. The van der Waals surface area contributed by atoms with E-state index in [2.05, 4.69) is 34.0 Å². The minimum atomic E-state index is -0.365. The monoisotopic (exact) mass is 472 g/mol. The highest BCUT2D eigenvalue weighted by Crippen LogP contribution is 2.34. The number of carbonyl (C=O) groups is 1.